The van der Waals surface area contributed by atoms with Gasteiger partial charge >= 0.3 is 5.69 Å². The number of nitrogens with zero attached hydrogens (tertiary/aromatic N) is 6. The van der Waals surface area contributed by atoms with Crippen LogP contribution in [-0.4, -0.2) is 30.9 Å². The number of hydrogen-bond donors (Lipinski definition) is 0. The highest BCUT2D eigenvalue weighted by Gasteiger charge is 2.31. The second kappa shape index (κ2) is 5.72. The Morgan fingerprint density at radius 1 is 1.28 bits per heavy atom. The van der Waals surface area contributed by atoms with E-state index in [9.17, 15) is 9.59 Å². The third kappa shape index (κ3) is 2.52. The second-order valence-corrected chi connectivity index (χ2v) is 7.23. The maximum Gasteiger partial charge on any atom is 0.332 e. The minimum atomic E-state index is -0.396. The molecule has 0 spiro atoms. The number of allylic oxidation sites excluding steroid dienone is 1. The van der Waals surface area contributed by atoms with Gasteiger partial charge in [0.2, 0.25) is 5.95 Å². The molecule has 1 aliphatic rings. The zero-order valence-corrected chi connectivity index (χ0v) is 15.4. The van der Waals surface area contributed by atoms with Gasteiger partial charge in [-0.1, -0.05) is 26.8 Å². The Morgan fingerprint density at radius 3 is 2.52 bits per heavy atom. The number of hydrogen-bond acceptors (Lipinski definition) is 5. The van der Waals surface area contributed by atoms with Crippen molar-refractivity contribution in [1.82, 2.24) is 18.7 Å². The molecule has 0 atom stereocenters. The third-order valence-electron chi connectivity index (χ3n) is 4.47. The van der Waals surface area contributed by atoms with Crippen molar-refractivity contribution in [3.8, 4) is 0 Å². The van der Waals surface area contributed by atoms with Crippen LogP contribution in [0.25, 0.3) is 11.2 Å². The van der Waals surface area contributed by atoms with Gasteiger partial charge in [0.15, 0.2) is 11.2 Å². The van der Waals surface area contributed by atoms with Gasteiger partial charge in [0.25, 0.3) is 5.56 Å². The average molecular weight is 344 g/mol. The molecule has 0 fully saturated rings. The summed E-state index contributed by atoms with van der Waals surface area (Å²) in [6.07, 6.45) is 1.54. The second-order valence-electron chi connectivity index (χ2n) is 7.23. The predicted octanol–water partition coefficient (Wildman–Crippen LogP) is 1.32. The molecule has 3 rings (SSSR count). The van der Waals surface area contributed by atoms with Gasteiger partial charge in [0.1, 0.15) is 0 Å². The molecule has 0 radical (unpaired) electrons. The number of fused-ring (bicyclic) bond motifs is 3. The molecule has 134 valence electrons. The summed E-state index contributed by atoms with van der Waals surface area (Å²) in [6.45, 7) is 13.2. The van der Waals surface area contributed by atoms with Gasteiger partial charge in [-0.05, 0) is 6.92 Å². The maximum atomic E-state index is 13.0. The van der Waals surface area contributed by atoms with Crippen molar-refractivity contribution in [3.05, 3.63) is 33.5 Å². The van der Waals surface area contributed by atoms with Crippen molar-refractivity contribution >= 4 is 22.8 Å². The molecule has 8 nitrogen and oxygen atoms in total. The smallest absolute Gasteiger partial charge is 0.297 e. The van der Waals surface area contributed by atoms with Crippen molar-refractivity contribution in [1.29, 1.82) is 0 Å². The quantitative estimate of drug-likeness (QED) is 0.787. The molecule has 0 amide bonds. The molecule has 0 bridgehead atoms. The van der Waals surface area contributed by atoms with Crippen LogP contribution in [0, 0.1) is 5.41 Å². The minimum absolute atomic E-state index is 0.136. The highest BCUT2D eigenvalue weighted by molar-refractivity contribution is 5.93. The molecule has 0 saturated heterocycles. The molecule has 0 aliphatic carbocycles. The van der Waals surface area contributed by atoms with E-state index in [1.165, 1.54) is 9.13 Å². The SMILES string of the molecule is C=CCn1c(=O)c2c(nc3n2CC(C(C)(C)C)=NN3CC)n(C)c1=O. The summed E-state index contributed by atoms with van der Waals surface area (Å²) in [6, 6.07) is 0. The summed E-state index contributed by atoms with van der Waals surface area (Å²) in [4.78, 5) is 30.0. The number of anilines is 1. The van der Waals surface area contributed by atoms with Crippen molar-refractivity contribution in [2.75, 3.05) is 11.6 Å². The van der Waals surface area contributed by atoms with E-state index < -0.39 is 5.69 Å². The monoisotopic (exact) mass is 344 g/mol. The van der Waals surface area contributed by atoms with Crippen molar-refractivity contribution in [2.45, 2.75) is 40.8 Å². The first kappa shape index (κ1) is 17.2. The molecule has 25 heavy (non-hydrogen) atoms. The molecule has 2 aromatic rings. The predicted molar refractivity (Wildman–Crippen MR) is 99.3 cm³/mol. The topological polar surface area (TPSA) is 77.4 Å². The molecular formula is C17H24N6O2. The van der Waals surface area contributed by atoms with Crippen LogP contribution in [0.1, 0.15) is 27.7 Å². The molecule has 1 aliphatic heterocycles. The Labute approximate surface area is 145 Å². The molecular weight excluding hydrogens is 320 g/mol. The molecule has 0 saturated carbocycles. The van der Waals surface area contributed by atoms with E-state index in [0.29, 0.717) is 30.2 Å². The highest BCUT2D eigenvalue weighted by Crippen LogP contribution is 2.28. The number of aryl methyl sites for hydroxylation is 1. The van der Waals surface area contributed by atoms with Gasteiger partial charge in [0.05, 0.1) is 12.3 Å². The lowest BCUT2D eigenvalue weighted by atomic mass is 9.89. The Morgan fingerprint density at radius 2 is 1.96 bits per heavy atom. The van der Waals surface area contributed by atoms with E-state index in [1.54, 1.807) is 18.1 Å². The fraction of sp³-hybridized carbons (Fsp3) is 0.529. The van der Waals surface area contributed by atoms with Crippen molar-refractivity contribution < 1.29 is 0 Å². The Hall–Kier alpha value is -2.64. The molecule has 0 aromatic carbocycles. The molecule has 0 N–H and O–H groups in total. The van der Waals surface area contributed by atoms with Gasteiger partial charge in [-0.25, -0.2) is 9.80 Å². The van der Waals surface area contributed by atoms with E-state index in [4.69, 9.17) is 5.10 Å². The molecule has 0 unspecified atom stereocenters. The van der Waals surface area contributed by atoms with Crippen molar-refractivity contribution in [2.24, 2.45) is 17.6 Å². The molecule has 8 heteroatoms. The number of hydrazone groups is 1. The summed E-state index contributed by atoms with van der Waals surface area (Å²) < 4.78 is 4.47. The first-order chi connectivity index (χ1) is 11.7. The van der Waals surface area contributed by atoms with E-state index >= 15 is 0 Å². The minimum Gasteiger partial charge on any atom is -0.297 e. The number of rotatable bonds is 3. The van der Waals surface area contributed by atoms with Gasteiger partial charge in [-0.15, -0.1) is 6.58 Å². The van der Waals surface area contributed by atoms with E-state index in [1.807, 2.05) is 11.5 Å². The largest absolute Gasteiger partial charge is 0.332 e. The summed E-state index contributed by atoms with van der Waals surface area (Å²) in [7, 11) is 1.63. The van der Waals surface area contributed by atoms with Crippen LogP contribution in [0.4, 0.5) is 5.95 Å². The van der Waals surface area contributed by atoms with E-state index in [0.717, 1.165) is 5.71 Å². The van der Waals surface area contributed by atoms with Crippen LogP contribution in [0.15, 0.2) is 27.3 Å². The number of imidazole rings is 1. The highest BCUT2D eigenvalue weighted by atomic mass is 16.2. The van der Waals surface area contributed by atoms with Crippen LogP contribution in [-0.2, 0) is 20.1 Å². The zero-order valence-electron chi connectivity index (χ0n) is 15.4. The normalized spacial score (nSPS) is 14.6. The van der Waals surface area contributed by atoms with Gasteiger partial charge in [0, 0.05) is 25.6 Å². The Bertz CT molecular complexity index is 999. The third-order valence-corrected chi connectivity index (χ3v) is 4.47. The van der Waals surface area contributed by atoms with E-state index in [2.05, 4.69) is 32.3 Å². The maximum absolute atomic E-state index is 13.0. The fourth-order valence-electron chi connectivity index (χ4n) is 2.97. The lowest BCUT2D eigenvalue weighted by Crippen LogP contribution is -2.40. The van der Waals surface area contributed by atoms with Crippen LogP contribution < -0.4 is 16.3 Å². The standard InChI is InChI=1S/C17H24N6O2/c1-7-9-21-14(24)12-13(20(6)16(21)25)18-15-22(12)10-11(17(3,4)5)19-23(15)8-2/h7H,1,8-10H2,2-6H3. The van der Waals surface area contributed by atoms with Gasteiger partial charge < -0.3 is 0 Å². The lowest BCUT2D eigenvalue weighted by Gasteiger charge is -2.30. The summed E-state index contributed by atoms with van der Waals surface area (Å²) in [5.41, 5.74) is 0.895. The number of aromatic nitrogens is 4. The van der Waals surface area contributed by atoms with Crippen LogP contribution in [0.5, 0.6) is 0 Å². The van der Waals surface area contributed by atoms with Crippen molar-refractivity contribution in [3.63, 3.8) is 0 Å². The Kier molecular flexibility index (Phi) is 3.93. The first-order valence-electron chi connectivity index (χ1n) is 8.37. The van der Waals surface area contributed by atoms with Crippen LogP contribution in [0.3, 0.4) is 0 Å². The molecule has 2 aromatic heterocycles. The van der Waals surface area contributed by atoms with Crippen LogP contribution >= 0.6 is 0 Å². The summed E-state index contributed by atoms with van der Waals surface area (Å²) in [5, 5.41) is 6.49. The van der Waals surface area contributed by atoms with Crippen LogP contribution in [0.2, 0.25) is 0 Å². The lowest BCUT2D eigenvalue weighted by molar-refractivity contribution is 0.550. The fourth-order valence-corrected chi connectivity index (χ4v) is 2.97. The van der Waals surface area contributed by atoms with Gasteiger partial charge in [-0.2, -0.15) is 10.1 Å². The zero-order chi connectivity index (χ0) is 18.5. The average Bonchev–Trinajstić information content (AvgIpc) is 2.94. The molecule has 3 heterocycles. The summed E-state index contributed by atoms with van der Waals surface area (Å²) >= 11 is 0. The Balaban J connectivity index is 2.37. The summed E-state index contributed by atoms with van der Waals surface area (Å²) in [5.74, 6) is 0.592. The van der Waals surface area contributed by atoms with Gasteiger partial charge in [-0.3, -0.25) is 18.5 Å². The van der Waals surface area contributed by atoms with E-state index in [-0.39, 0.29) is 17.5 Å². The first-order valence-corrected chi connectivity index (χ1v) is 8.37.